The first kappa shape index (κ1) is 10.8. The molecule has 2 nitrogen and oxygen atoms in total. The van der Waals surface area contributed by atoms with Crippen molar-refractivity contribution in [2.24, 2.45) is 23.7 Å². The monoisotopic (exact) mass is 247 g/mol. The molecule has 0 saturated heterocycles. The predicted molar refractivity (Wildman–Crippen MR) is 66.5 cm³/mol. The Labute approximate surface area is 106 Å². The van der Waals surface area contributed by atoms with Gasteiger partial charge in [-0.15, -0.1) is 0 Å². The van der Waals surface area contributed by atoms with Crippen molar-refractivity contribution in [3.05, 3.63) is 29.6 Å². The van der Waals surface area contributed by atoms with Gasteiger partial charge in [0, 0.05) is 18.7 Å². The predicted octanol–water partition coefficient (Wildman–Crippen LogP) is 2.67. The van der Waals surface area contributed by atoms with E-state index in [1.165, 1.54) is 25.3 Å². The molecule has 18 heavy (non-hydrogen) atoms. The number of hydrogen-bond donors (Lipinski definition) is 2. The number of hydrogen-bond acceptors (Lipinski definition) is 2. The van der Waals surface area contributed by atoms with E-state index in [9.17, 15) is 9.50 Å². The minimum Gasteiger partial charge on any atom is -0.508 e. The van der Waals surface area contributed by atoms with Crippen molar-refractivity contribution in [3.8, 4) is 5.75 Å². The van der Waals surface area contributed by atoms with Crippen LogP contribution in [0.5, 0.6) is 5.75 Å². The molecule has 0 heterocycles. The summed E-state index contributed by atoms with van der Waals surface area (Å²) >= 11 is 0. The fourth-order valence-electron chi connectivity index (χ4n) is 4.57. The standard InChI is InChI=1S/C15H18FNO/c16-11-3-8(4-12(18)6-11)7-17-15-13-9-1-2-10(5-9)14(13)15/h3-4,6,9-10,13-15,17-18H,1-2,5,7H2. The molecule has 0 radical (unpaired) electrons. The Bertz CT molecular complexity index is 453. The van der Waals surface area contributed by atoms with Gasteiger partial charge in [0.15, 0.2) is 0 Å². The third-order valence-electron chi connectivity index (χ3n) is 5.22. The highest BCUT2D eigenvalue weighted by molar-refractivity contribution is 5.28. The molecule has 4 rings (SSSR count). The summed E-state index contributed by atoms with van der Waals surface area (Å²) in [6, 6.07) is 4.94. The first-order valence-electron chi connectivity index (χ1n) is 6.94. The van der Waals surface area contributed by atoms with Gasteiger partial charge in [0.2, 0.25) is 0 Å². The highest BCUT2D eigenvalue weighted by atomic mass is 19.1. The van der Waals surface area contributed by atoms with E-state index in [0.717, 1.165) is 35.3 Å². The Balaban J connectivity index is 1.40. The minimum atomic E-state index is -0.358. The van der Waals surface area contributed by atoms with Gasteiger partial charge in [-0.3, -0.25) is 0 Å². The molecule has 3 heteroatoms. The fourth-order valence-corrected chi connectivity index (χ4v) is 4.57. The van der Waals surface area contributed by atoms with Crippen LogP contribution in [0.1, 0.15) is 24.8 Å². The number of rotatable bonds is 3. The van der Waals surface area contributed by atoms with E-state index in [1.54, 1.807) is 6.07 Å². The number of nitrogens with one attached hydrogen (secondary N) is 1. The van der Waals surface area contributed by atoms with Gasteiger partial charge >= 0.3 is 0 Å². The number of benzene rings is 1. The van der Waals surface area contributed by atoms with E-state index >= 15 is 0 Å². The Morgan fingerprint density at radius 3 is 2.56 bits per heavy atom. The molecule has 1 aromatic rings. The summed E-state index contributed by atoms with van der Waals surface area (Å²) in [4.78, 5) is 0. The molecular weight excluding hydrogens is 229 g/mol. The molecule has 4 unspecified atom stereocenters. The molecule has 3 aliphatic carbocycles. The molecule has 3 aliphatic rings. The van der Waals surface area contributed by atoms with Crippen molar-refractivity contribution in [1.29, 1.82) is 0 Å². The van der Waals surface area contributed by atoms with Gasteiger partial charge in [0.25, 0.3) is 0 Å². The Kier molecular flexibility index (Phi) is 2.22. The Morgan fingerprint density at radius 1 is 1.17 bits per heavy atom. The van der Waals surface area contributed by atoms with Gasteiger partial charge < -0.3 is 10.4 Å². The lowest BCUT2D eigenvalue weighted by Gasteiger charge is -2.10. The number of phenols is 1. The second-order valence-corrected chi connectivity index (χ2v) is 6.21. The van der Waals surface area contributed by atoms with Crippen molar-refractivity contribution < 1.29 is 9.50 Å². The smallest absolute Gasteiger partial charge is 0.127 e. The normalized spacial score (nSPS) is 39.9. The summed E-state index contributed by atoms with van der Waals surface area (Å²) in [6.45, 7) is 0.669. The van der Waals surface area contributed by atoms with Crippen LogP contribution in [-0.2, 0) is 6.54 Å². The molecule has 3 fully saturated rings. The number of phenolic OH excluding ortho intramolecular Hbond substituents is 1. The molecule has 0 amide bonds. The van der Waals surface area contributed by atoms with Crippen molar-refractivity contribution in [1.82, 2.24) is 5.32 Å². The lowest BCUT2D eigenvalue weighted by Crippen LogP contribution is -2.22. The van der Waals surface area contributed by atoms with Crippen LogP contribution < -0.4 is 5.32 Å². The molecule has 0 aromatic heterocycles. The summed E-state index contributed by atoms with van der Waals surface area (Å²) in [6.07, 6.45) is 4.30. The average Bonchev–Trinajstić information content (AvgIpc) is 2.71. The fraction of sp³-hybridized carbons (Fsp3) is 0.600. The van der Waals surface area contributed by atoms with Crippen molar-refractivity contribution >= 4 is 0 Å². The summed E-state index contributed by atoms with van der Waals surface area (Å²) < 4.78 is 13.1. The van der Waals surface area contributed by atoms with Crippen LogP contribution >= 0.6 is 0 Å². The van der Waals surface area contributed by atoms with Crippen LogP contribution in [0.15, 0.2) is 18.2 Å². The molecule has 3 saturated carbocycles. The minimum absolute atomic E-state index is 0.0165. The zero-order valence-corrected chi connectivity index (χ0v) is 10.3. The molecule has 1 aromatic carbocycles. The number of halogens is 1. The second kappa shape index (κ2) is 3.70. The van der Waals surface area contributed by atoms with Crippen LogP contribution in [0, 0.1) is 29.5 Å². The lowest BCUT2D eigenvalue weighted by molar-refractivity contribution is 0.455. The maximum Gasteiger partial charge on any atom is 0.127 e. The zero-order valence-electron chi connectivity index (χ0n) is 10.3. The second-order valence-electron chi connectivity index (χ2n) is 6.21. The highest BCUT2D eigenvalue weighted by Gasteiger charge is 2.64. The van der Waals surface area contributed by atoms with Crippen LogP contribution in [0.3, 0.4) is 0 Å². The molecule has 0 spiro atoms. The molecule has 4 atom stereocenters. The topological polar surface area (TPSA) is 32.3 Å². The molecule has 2 bridgehead atoms. The maximum absolute atomic E-state index is 13.1. The van der Waals surface area contributed by atoms with E-state index in [4.69, 9.17) is 0 Å². The van der Waals surface area contributed by atoms with Gasteiger partial charge in [-0.05, 0) is 60.6 Å². The quantitative estimate of drug-likeness (QED) is 0.860. The van der Waals surface area contributed by atoms with Gasteiger partial charge in [0.05, 0.1) is 0 Å². The highest BCUT2D eigenvalue weighted by Crippen LogP contribution is 2.65. The van der Waals surface area contributed by atoms with Crippen molar-refractivity contribution in [3.63, 3.8) is 0 Å². The number of fused-ring (bicyclic) bond motifs is 5. The van der Waals surface area contributed by atoms with E-state index < -0.39 is 0 Å². The Hall–Kier alpha value is -1.09. The first-order valence-corrected chi connectivity index (χ1v) is 6.94. The van der Waals surface area contributed by atoms with Crippen LogP contribution in [0.4, 0.5) is 4.39 Å². The third-order valence-corrected chi connectivity index (χ3v) is 5.22. The largest absolute Gasteiger partial charge is 0.508 e. The van der Waals surface area contributed by atoms with Gasteiger partial charge in [-0.2, -0.15) is 0 Å². The third kappa shape index (κ3) is 1.57. The molecular formula is C15H18FNO. The molecule has 0 aliphatic heterocycles. The van der Waals surface area contributed by atoms with Crippen LogP contribution in [0.25, 0.3) is 0 Å². The summed E-state index contributed by atoms with van der Waals surface area (Å²) in [7, 11) is 0. The first-order chi connectivity index (χ1) is 8.72. The van der Waals surface area contributed by atoms with Gasteiger partial charge in [-0.25, -0.2) is 4.39 Å². The summed E-state index contributed by atoms with van der Waals surface area (Å²) in [5.41, 5.74) is 0.838. The summed E-state index contributed by atoms with van der Waals surface area (Å²) in [5, 5.41) is 12.9. The SMILES string of the molecule is Oc1cc(F)cc(CNC2C3C4CCC(C4)C23)c1. The molecule has 96 valence electrons. The van der Waals surface area contributed by atoms with Gasteiger partial charge in [0.1, 0.15) is 11.6 Å². The van der Waals surface area contributed by atoms with Crippen LogP contribution in [0.2, 0.25) is 0 Å². The maximum atomic E-state index is 13.1. The lowest BCUT2D eigenvalue weighted by atomic mass is 10.0. The van der Waals surface area contributed by atoms with Gasteiger partial charge in [-0.1, -0.05) is 0 Å². The van der Waals surface area contributed by atoms with E-state index in [2.05, 4.69) is 5.32 Å². The van der Waals surface area contributed by atoms with E-state index in [-0.39, 0.29) is 11.6 Å². The van der Waals surface area contributed by atoms with Crippen molar-refractivity contribution in [2.75, 3.05) is 0 Å². The number of aromatic hydroxyl groups is 1. The van der Waals surface area contributed by atoms with Crippen LogP contribution in [-0.4, -0.2) is 11.1 Å². The summed E-state index contributed by atoms with van der Waals surface area (Å²) in [5.74, 6) is 3.36. The van der Waals surface area contributed by atoms with E-state index in [1.807, 2.05) is 0 Å². The molecule has 2 N–H and O–H groups in total. The Morgan fingerprint density at radius 2 is 1.89 bits per heavy atom. The van der Waals surface area contributed by atoms with Crippen molar-refractivity contribution in [2.45, 2.75) is 31.8 Å². The van der Waals surface area contributed by atoms with E-state index in [0.29, 0.717) is 12.6 Å². The zero-order chi connectivity index (χ0) is 12.3. The average molecular weight is 247 g/mol.